The zero-order chi connectivity index (χ0) is 12.6. The van der Waals surface area contributed by atoms with Gasteiger partial charge in [-0.15, -0.1) is 11.3 Å². The quantitative estimate of drug-likeness (QED) is 0.711. The van der Waals surface area contributed by atoms with Crippen molar-refractivity contribution in [1.82, 2.24) is 5.32 Å². The minimum Gasteiger partial charge on any atom is -0.389 e. The van der Waals surface area contributed by atoms with Crippen molar-refractivity contribution in [2.45, 2.75) is 44.3 Å². The van der Waals surface area contributed by atoms with Crippen molar-refractivity contribution in [1.29, 1.82) is 0 Å². The number of nitrogens with one attached hydrogen (secondary N) is 1. The van der Waals surface area contributed by atoms with Crippen molar-refractivity contribution < 1.29 is 9.84 Å². The fraction of sp³-hybridized carbons (Fsp3) is 0.714. The van der Waals surface area contributed by atoms with Crippen LogP contribution in [0.1, 0.15) is 30.6 Å². The van der Waals surface area contributed by atoms with Crippen molar-refractivity contribution in [2.75, 3.05) is 19.7 Å². The molecule has 0 aliphatic heterocycles. The summed E-state index contributed by atoms with van der Waals surface area (Å²) in [6.45, 7) is 2.01. The highest BCUT2D eigenvalue weighted by molar-refractivity contribution is 7.09. The molecule has 18 heavy (non-hydrogen) atoms. The van der Waals surface area contributed by atoms with Gasteiger partial charge in [0, 0.05) is 18.0 Å². The van der Waals surface area contributed by atoms with E-state index < -0.39 is 0 Å². The van der Waals surface area contributed by atoms with E-state index in [1.54, 1.807) is 11.3 Å². The minimum atomic E-state index is -0.381. The Morgan fingerprint density at radius 2 is 2.28 bits per heavy atom. The molecule has 0 aromatic carbocycles. The monoisotopic (exact) mass is 269 g/mol. The molecule has 2 N–H and O–H groups in total. The normalized spacial score (nSPS) is 18.3. The Morgan fingerprint density at radius 1 is 1.44 bits per heavy atom. The first kappa shape index (κ1) is 14.0. The summed E-state index contributed by atoms with van der Waals surface area (Å²) in [5.41, 5.74) is 0. The molecule has 3 nitrogen and oxygen atoms in total. The van der Waals surface area contributed by atoms with E-state index in [0.717, 1.165) is 13.0 Å². The van der Waals surface area contributed by atoms with Crippen LogP contribution in [0.15, 0.2) is 17.5 Å². The van der Waals surface area contributed by atoms with Gasteiger partial charge in [-0.05, 0) is 30.7 Å². The van der Waals surface area contributed by atoms with Crippen molar-refractivity contribution in [3.63, 3.8) is 0 Å². The summed E-state index contributed by atoms with van der Waals surface area (Å²) in [7, 11) is 0. The predicted octanol–water partition coefficient (Wildman–Crippen LogP) is 2.20. The molecule has 1 saturated carbocycles. The molecule has 0 amide bonds. The van der Waals surface area contributed by atoms with E-state index in [9.17, 15) is 5.11 Å². The average Bonchev–Trinajstić information content (AvgIpc) is 3.04. The Hall–Kier alpha value is -0.420. The van der Waals surface area contributed by atoms with Gasteiger partial charge >= 0.3 is 0 Å². The molecule has 102 valence electrons. The third kappa shape index (κ3) is 5.06. The van der Waals surface area contributed by atoms with Gasteiger partial charge in [-0.25, -0.2) is 0 Å². The number of aliphatic hydroxyl groups is 1. The molecule has 0 bridgehead atoms. The van der Waals surface area contributed by atoms with Crippen LogP contribution in [0.3, 0.4) is 0 Å². The summed E-state index contributed by atoms with van der Waals surface area (Å²) < 4.78 is 5.68. The van der Waals surface area contributed by atoms with Gasteiger partial charge < -0.3 is 15.2 Å². The molecule has 4 heteroatoms. The summed E-state index contributed by atoms with van der Waals surface area (Å²) in [5, 5.41) is 15.2. The van der Waals surface area contributed by atoms with Crippen molar-refractivity contribution in [2.24, 2.45) is 0 Å². The van der Waals surface area contributed by atoms with Gasteiger partial charge in [-0.2, -0.15) is 0 Å². The average molecular weight is 269 g/mol. The highest BCUT2D eigenvalue weighted by atomic mass is 32.1. The van der Waals surface area contributed by atoms with E-state index in [-0.39, 0.29) is 6.10 Å². The fourth-order valence-electron chi connectivity index (χ4n) is 2.30. The molecular formula is C14H23NO2S. The van der Waals surface area contributed by atoms with Crippen molar-refractivity contribution in [3.8, 4) is 0 Å². The maximum atomic E-state index is 9.78. The highest BCUT2D eigenvalue weighted by Gasteiger charge is 2.16. The SMILES string of the molecule is OC(CNCCc1cccs1)COC1CCCC1. The van der Waals surface area contributed by atoms with Gasteiger partial charge in [-0.1, -0.05) is 18.9 Å². The Kier molecular flexibility index (Phi) is 6.14. The Balaban J connectivity index is 1.47. The van der Waals surface area contributed by atoms with Crippen LogP contribution in [0.4, 0.5) is 0 Å². The zero-order valence-corrected chi connectivity index (χ0v) is 11.6. The third-order valence-corrected chi connectivity index (χ3v) is 4.27. The number of rotatable bonds is 8. The third-order valence-electron chi connectivity index (χ3n) is 3.33. The van der Waals surface area contributed by atoms with Crippen LogP contribution in [0.2, 0.25) is 0 Å². The van der Waals surface area contributed by atoms with Gasteiger partial charge in [0.15, 0.2) is 0 Å². The maximum Gasteiger partial charge on any atom is 0.0897 e. The fourth-order valence-corrected chi connectivity index (χ4v) is 3.01. The second-order valence-electron chi connectivity index (χ2n) is 4.93. The standard InChI is InChI=1S/C14H23NO2S/c16-12(11-17-13-4-1-2-5-13)10-15-8-7-14-6-3-9-18-14/h3,6,9,12-13,15-16H,1-2,4-5,7-8,10-11H2. The number of thiophene rings is 1. The molecule has 1 fully saturated rings. The molecule has 0 radical (unpaired) electrons. The molecule has 1 aliphatic rings. The number of hydrogen-bond donors (Lipinski definition) is 2. The van der Waals surface area contributed by atoms with Gasteiger partial charge in [-0.3, -0.25) is 0 Å². The van der Waals surface area contributed by atoms with Crippen LogP contribution in [0.25, 0.3) is 0 Å². The van der Waals surface area contributed by atoms with Gasteiger partial charge in [0.2, 0.25) is 0 Å². The topological polar surface area (TPSA) is 41.5 Å². The van der Waals surface area contributed by atoms with E-state index in [2.05, 4.69) is 22.8 Å². The van der Waals surface area contributed by atoms with E-state index in [1.807, 2.05) is 0 Å². The first-order valence-electron chi connectivity index (χ1n) is 6.87. The van der Waals surface area contributed by atoms with Crippen LogP contribution in [0, 0.1) is 0 Å². The van der Waals surface area contributed by atoms with Gasteiger partial charge in [0.1, 0.15) is 0 Å². The molecule has 1 unspecified atom stereocenters. The molecule has 0 saturated heterocycles. The van der Waals surface area contributed by atoms with E-state index in [0.29, 0.717) is 19.3 Å². The maximum absolute atomic E-state index is 9.78. The molecule has 1 aromatic rings. The Bertz CT molecular complexity index is 310. The van der Waals surface area contributed by atoms with E-state index in [1.165, 1.54) is 30.6 Å². The van der Waals surface area contributed by atoms with Crippen LogP contribution < -0.4 is 5.32 Å². The van der Waals surface area contributed by atoms with E-state index in [4.69, 9.17) is 4.74 Å². The van der Waals surface area contributed by atoms with Gasteiger partial charge in [0.05, 0.1) is 18.8 Å². The second-order valence-corrected chi connectivity index (χ2v) is 5.96. The summed E-state index contributed by atoms with van der Waals surface area (Å²) in [5.74, 6) is 0. The summed E-state index contributed by atoms with van der Waals surface area (Å²) in [6, 6.07) is 4.22. The van der Waals surface area contributed by atoms with Crippen LogP contribution in [0.5, 0.6) is 0 Å². The summed E-state index contributed by atoms with van der Waals surface area (Å²) in [4.78, 5) is 1.39. The first-order chi connectivity index (χ1) is 8.84. The molecule has 1 aliphatic carbocycles. The molecule has 0 spiro atoms. The molecular weight excluding hydrogens is 246 g/mol. The second kappa shape index (κ2) is 7.89. The first-order valence-corrected chi connectivity index (χ1v) is 7.75. The molecule has 1 atom stereocenters. The molecule has 2 rings (SSSR count). The summed E-state index contributed by atoms with van der Waals surface area (Å²) in [6.07, 6.45) is 5.93. The van der Waals surface area contributed by atoms with Crippen molar-refractivity contribution >= 4 is 11.3 Å². The van der Waals surface area contributed by atoms with Crippen LogP contribution >= 0.6 is 11.3 Å². The number of aliphatic hydroxyl groups excluding tert-OH is 1. The minimum absolute atomic E-state index is 0.381. The Labute approximate surface area is 113 Å². The van der Waals surface area contributed by atoms with Crippen molar-refractivity contribution in [3.05, 3.63) is 22.4 Å². The Morgan fingerprint density at radius 3 is 3.00 bits per heavy atom. The lowest BCUT2D eigenvalue weighted by atomic mass is 10.3. The summed E-state index contributed by atoms with van der Waals surface area (Å²) >= 11 is 1.78. The molecule has 1 aromatic heterocycles. The van der Waals surface area contributed by atoms with Crippen LogP contribution in [-0.2, 0) is 11.2 Å². The lowest BCUT2D eigenvalue weighted by Crippen LogP contribution is -2.32. The lowest BCUT2D eigenvalue weighted by molar-refractivity contribution is -0.00530. The number of hydrogen-bond acceptors (Lipinski definition) is 4. The lowest BCUT2D eigenvalue weighted by Gasteiger charge is -2.15. The van der Waals surface area contributed by atoms with Crippen LogP contribution in [-0.4, -0.2) is 37.0 Å². The highest BCUT2D eigenvalue weighted by Crippen LogP contribution is 2.20. The molecule has 1 heterocycles. The predicted molar refractivity (Wildman–Crippen MR) is 75.1 cm³/mol. The smallest absolute Gasteiger partial charge is 0.0897 e. The largest absolute Gasteiger partial charge is 0.389 e. The number of ether oxygens (including phenoxy) is 1. The zero-order valence-electron chi connectivity index (χ0n) is 10.8. The van der Waals surface area contributed by atoms with Gasteiger partial charge in [0.25, 0.3) is 0 Å². The van der Waals surface area contributed by atoms with E-state index >= 15 is 0 Å².